The molecule has 1 rings (SSSR count). The number of hydrogen-bond acceptors (Lipinski definition) is 3. The summed E-state index contributed by atoms with van der Waals surface area (Å²) in [4.78, 5) is 8.83. The van der Waals surface area contributed by atoms with Crippen LogP contribution in [0, 0.1) is 12.8 Å². The smallest absolute Gasteiger partial charge is 0.191 e. The van der Waals surface area contributed by atoms with Crippen molar-refractivity contribution in [3.63, 3.8) is 0 Å². The van der Waals surface area contributed by atoms with Crippen molar-refractivity contribution < 1.29 is 4.74 Å². The lowest BCUT2D eigenvalue weighted by molar-refractivity contribution is 0.109. The molecule has 1 aromatic heterocycles. The molecule has 0 spiro atoms. The molecule has 0 radical (unpaired) electrons. The molecule has 1 aromatic rings. The molecule has 0 amide bonds. The molecular formula is C18H36IN5O. The molecule has 0 unspecified atom stereocenters. The number of halogens is 1. The normalized spacial score (nSPS) is 11.5. The van der Waals surface area contributed by atoms with E-state index < -0.39 is 0 Å². The SMILES string of the molecule is CCNC(=NCCCOCC(C)C)NCCCCn1ccnc1C.I. The Labute approximate surface area is 170 Å². The van der Waals surface area contributed by atoms with Crippen LogP contribution in [0.3, 0.4) is 0 Å². The molecule has 0 aliphatic carbocycles. The van der Waals surface area contributed by atoms with Crippen molar-refractivity contribution >= 4 is 29.9 Å². The minimum Gasteiger partial charge on any atom is -0.381 e. The minimum atomic E-state index is 0. The van der Waals surface area contributed by atoms with Gasteiger partial charge in [0.15, 0.2) is 5.96 Å². The number of ether oxygens (including phenoxy) is 1. The Kier molecular flexibility index (Phi) is 14.9. The fourth-order valence-corrected chi connectivity index (χ4v) is 2.27. The molecule has 7 heteroatoms. The largest absolute Gasteiger partial charge is 0.381 e. The third-order valence-corrected chi connectivity index (χ3v) is 3.55. The van der Waals surface area contributed by atoms with E-state index >= 15 is 0 Å². The van der Waals surface area contributed by atoms with E-state index in [1.54, 1.807) is 0 Å². The number of rotatable bonds is 12. The van der Waals surface area contributed by atoms with E-state index in [1.165, 1.54) is 0 Å². The molecule has 6 nitrogen and oxygen atoms in total. The first-order valence-corrected chi connectivity index (χ1v) is 9.21. The van der Waals surface area contributed by atoms with Gasteiger partial charge in [-0.3, -0.25) is 4.99 Å². The topological polar surface area (TPSA) is 63.5 Å². The number of imidazole rings is 1. The number of aliphatic imine (C=N–C) groups is 1. The predicted octanol–water partition coefficient (Wildman–Crippen LogP) is 3.21. The molecule has 0 fully saturated rings. The van der Waals surface area contributed by atoms with Gasteiger partial charge in [0.2, 0.25) is 0 Å². The summed E-state index contributed by atoms with van der Waals surface area (Å²) < 4.78 is 7.77. The van der Waals surface area contributed by atoms with Crippen molar-refractivity contribution in [2.75, 3.05) is 32.8 Å². The van der Waals surface area contributed by atoms with Crippen molar-refractivity contribution in [1.82, 2.24) is 20.2 Å². The Bertz CT molecular complexity index is 462. The first kappa shape index (κ1) is 24.2. The van der Waals surface area contributed by atoms with Gasteiger partial charge in [0, 0.05) is 51.8 Å². The van der Waals surface area contributed by atoms with Gasteiger partial charge < -0.3 is 19.9 Å². The Balaban J connectivity index is 0.00000576. The molecule has 2 N–H and O–H groups in total. The summed E-state index contributed by atoms with van der Waals surface area (Å²) in [5, 5.41) is 6.69. The average Bonchev–Trinajstić information content (AvgIpc) is 2.95. The first-order chi connectivity index (χ1) is 11.6. The van der Waals surface area contributed by atoms with Crippen LogP contribution < -0.4 is 10.6 Å². The molecule has 1 heterocycles. The monoisotopic (exact) mass is 465 g/mol. The summed E-state index contributed by atoms with van der Waals surface area (Å²) >= 11 is 0. The summed E-state index contributed by atoms with van der Waals surface area (Å²) in [5.74, 6) is 2.58. The number of unbranched alkanes of at least 4 members (excludes halogenated alkanes) is 1. The van der Waals surface area contributed by atoms with Gasteiger partial charge in [0.1, 0.15) is 5.82 Å². The molecule has 0 saturated heterocycles. The van der Waals surface area contributed by atoms with Crippen LogP contribution in [0.2, 0.25) is 0 Å². The van der Waals surface area contributed by atoms with Crippen molar-refractivity contribution in [3.8, 4) is 0 Å². The zero-order valence-corrected chi connectivity index (χ0v) is 18.6. The van der Waals surface area contributed by atoms with Crippen molar-refractivity contribution in [1.29, 1.82) is 0 Å². The van der Waals surface area contributed by atoms with E-state index in [2.05, 4.69) is 45.9 Å². The Hall–Kier alpha value is -0.830. The zero-order chi connectivity index (χ0) is 17.6. The van der Waals surface area contributed by atoms with Crippen molar-refractivity contribution in [2.24, 2.45) is 10.9 Å². The van der Waals surface area contributed by atoms with Crippen molar-refractivity contribution in [2.45, 2.75) is 53.5 Å². The fourth-order valence-electron chi connectivity index (χ4n) is 2.27. The quantitative estimate of drug-likeness (QED) is 0.215. The Morgan fingerprint density at radius 3 is 2.72 bits per heavy atom. The van der Waals surface area contributed by atoms with E-state index in [0.29, 0.717) is 5.92 Å². The summed E-state index contributed by atoms with van der Waals surface area (Å²) in [6.45, 7) is 13.7. The Morgan fingerprint density at radius 2 is 2.08 bits per heavy atom. The zero-order valence-electron chi connectivity index (χ0n) is 16.3. The average molecular weight is 465 g/mol. The molecule has 0 bridgehead atoms. The first-order valence-electron chi connectivity index (χ1n) is 9.21. The van der Waals surface area contributed by atoms with Gasteiger partial charge in [0.25, 0.3) is 0 Å². The number of hydrogen-bond donors (Lipinski definition) is 2. The molecule has 25 heavy (non-hydrogen) atoms. The van der Waals surface area contributed by atoms with Crippen LogP contribution in [-0.2, 0) is 11.3 Å². The second-order valence-electron chi connectivity index (χ2n) is 6.38. The maximum absolute atomic E-state index is 5.58. The van der Waals surface area contributed by atoms with E-state index in [-0.39, 0.29) is 24.0 Å². The maximum atomic E-state index is 5.58. The van der Waals surface area contributed by atoms with Gasteiger partial charge in [0.05, 0.1) is 0 Å². The van der Waals surface area contributed by atoms with E-state index in [1.807, 2.05) is 19.3 Å². The molecule has 146 valence electrons. The molecule has 0 aromatic carbocycles. The summed E-state index contributed by atoms with van der Waals surface area (Å²) in [5.41, 5.74) is 0. The highest BCUT2D eigenvalue weighted by molar-refractivity contribution is 14.0. The molecule has 0 saturated carbocycles. The third-order valence-electron chi connectivity index (χ3n) is 3.55. The van der Waals surface area contributed by atoms with E-state index in [0.717, 1.165) is 70.4 Å². The lowest BCUT2D eigenvalue weighted by Gasteiger charge is -2.12. The number of nitrogens with zero attached hydrogens (tertiary/aromatic N) is 3. The van der Waals surface area contributed by atoms with Gasteiger partial charge in [-0.1, -0.05) is 13.8 Å². The van der Waals surface area contributed by atoms with Crippen LogP contribution in [0.5, 0.6) is 0 Å². The summed E-state index contributed by atoms with van der Waals surface area (Å²) in [6, 6.07) is 0. The van der Waals surface area contributed by atoms with Gasteiger partial charge in [-0.25, -0.2) is 4.98 Å². The fraction of sp³-hybridized carbons (Fsp3) is 0.778. The standard InChI is InChI=1S/C18H35N5O.HI/c1-5-19-18(22-10-8-14-24-15-16(2)3)21-9-6-7-12-23-13-11-20-17(23)4;/h11,13,16H,5-10,12,14-15H2,1-4H3,(H2,19,21,22);1H. The van der Waals surface area contributed by atoms with Crippen LogP contribution in [0.25, 0.3) is 0 Å². The highest BCUT2D eigenvalue weighted by atomic mass is 127. The second-order valence-corrected chi connectivity index (χ2v) is 6.38. The number of nitrogens with one attached hydrogen (secondary N) is 2. The van der Waals surface area contributed by atoms with Crippen LogP contribution in [0.15, 0.2) is 17.4 Å². The van der Waals surface area contributed by atoms with Crippen LogP contribution in [0.1, 0.15) is 45.9 Å². The van der Waals surface area contributed by atoms with E-state index in [4.69, 9.17) is 4.74 Å². The summed E-state index contributed by atoms with van der Waals surface area (Å²) in [6.07, 6.45) is 7.10. The van der Waals surface area contributed by atoms with Crippen LogP contribution in [-0.4, -0.2) is 48.4 Å². The third kappa shape index (κ3) is 12.2. The van der Waals surface area contributed by atoms with Gasteiger partial charge in [-0.2, -0.15) is 0 Å². The second kappa shape index (κ2) is 15.4. The molecule has 0 aliphatic heterocycles. The Morgan fingerprint density at radius 1 is 1.28 bits per heavy atom. The van der Waals surface area contributed by atoms with E-state index in [9.17, 15) is 0 Å². The number of guanidine groups is 1. The van der Waals surface area contributed by atoms with Crippen LogP contribution in [0.4, 0.5) is 0 Å². The lowest BCUT2D eigenvalue weighted by atomic mass is 10.2. The number of aryl methyl sites for hydroxylation is 2. The molecular weight excluding hydrogens is 429 g/mol. The van der Waals surface area contributed by atoms with Crippen molar-refractivity contribution in [3.05, 3.63) is 18.2 Å². The predicted molar refractivity (Wildman–Crippen MR) is 116 cm³/mol. The minimum absolute atomic E-state index is 0. The highest BCUT2D eigenvalue weighted by Gasteiger charge is 1.99. The van der Waals surface area contributed by atoms with Gasteiger partial charge in [-0.15, -0.1) is 24.0 Å². The molecule has 0 atom stereocenters. The van der Waals surface area contributed by atoms with Crippen LogP contribution >= 0.6 is 24.0 Å². The lowest BCUT2D eigenvalue weighted by Crippen LogP contribution is -2.38. The maximum Gasteiger partial charge on any atom is 0.191 e. The summed E-state index contributed by atoms with van der Waals surface area (Å²) in [7, 11) is 0. The van der Waals surface area contributed by atoms with Gasteiger partial charge >= 0.3 is 0 Å². The number of aromatic nitrogens is 2. The van der Waals surface area contributed by atoms with Gasteiger partial charge in [-0.05, 0) is 39.0 Å². The molecule has 0 aliphatic rings. The highest BCUT2D eigenvalue weighted by Crippen LogP contribution is 1.99.